The summed E-state index contributed by atoms with van der Waals surface area (Å²) in [6.45, 7) is 4.40. The summed E-state index contributed by atoms with van der Waals surface area (Å²) in [7, 11) is 0. The quantitative estimate of drug-likeness (QED) is 0.698. The van der Waals surface area contributed by atoms with E-state index >= 15 is 0 Å². The Morgan fingerprint density at radius 1 is 1.04 bits per heavy atom. The maximum absolute atomic E-state index is 12.3. The molecular weight excluding hydrogens is 342 g/mol. The van der Waals surface area contributed by atoms with E-state index in [-0.39, 0.29) is 17.4 Å². The number of carbonyl (C=O) groups is 1. The normalized spacial score (nSPS) is 10.4. The molecule has 7 nitrogen and oxygen atoms in total. The third-order valence-electron chi connectivity index (χ3n) is 4.05. The second-order valence-electron chi connectivity index (χ2n) is 6.08. The van der Waals surface area contributed by atoms with Gasteiger partial charge < -0.3 is 15.8 Å². The number of ether oxygens (including phenoxy) is 1. The SMILES string of the molecule is Cc1nc(N)c(C(=O)NCc2ccc(COc3ccccn3)cc2)nc1C. The highest BCUT2D eigenvalue weighted by Gasteiger charge is 2.14. The van der Waals surface area contributed by atoms with E-state index in [2.05, 4.69) is 20.3 Å². The number of carbonyl (C=O) groups excluding carboxylic acids is 1. The first-order valence-corrected chi connectivity index (χ1v) is 8.53. The number of aromatic nitrogens is 3. The Bertz CT molecular complexity index is 927. The lowest BCUT2D eigenvalue weighted by Crippen LogP contribution is -2.26. The van der Waals surface area contributed by atoms with Gasteiger partial charge in [0, 0.05) is 18.8 Å². The molecule has 2 aromatic heterocycles. The molecule has 138 valence electrons. The van der Waals surface area contributed by atoms with Crippen molar-refractivity contribution in [3.05, 3.63) is 76.9 Å². The van der Waals surface area contributed by atoms with E-state index in [1.807, 2.05) is 42.5 Å². The molecule has 7 heteroatoms. The van der Waals surface area contributed by atoms with E-state index in [0.29, 0.717) is 30.4 Å². The lowest BCUT2D eigenvalue weighted by Gasteiger charge is -2.09. The number of aryl methyl sites for hydroxylation is 2. The molecule has 1 amide bonds. The van der Waals surface area contributed by atoms with Crippen molar-refractivity contribution in [3.8, 4) is 5.88 Å². The molecule has 2 heterocycles. The van der Waals surface area contributed by atoms with Crippen molar-refractivity contribution >= 4 is 11.7 Å². The molecule has 0 unspecified atom stereocenters. The largest absolute Gasteiger partial charge is 0.473 e. The van der Waals surface area contributed by atoms with Crippen LogP contribution in [-0.2, 0) is 13.2 Å². The number of nitrogen functional groups attached to an aromatic ring is 1. The lowest BCUT2D eigenvalue weighted by atomic mass is 10.1. The molecule has 0 atom stereocenters. The second kappa shape index (κ2) is 8.27. The molecule has 0 bridgehead atoms. The van der Waals surface area contributed by atoms with Gasteiger partial charge in [0.2, 0.25) is 5.88 Å². The fraction of sp³-hybridized carbons (Fsp3) is 0.200. The van der Waals surface area contributed by atoms with Gasteiger partial charge in [0.05, 0.1) is 11.4 Å². The van der Waals surface area contributed by atoms with Crippen LogP contribution in [0.5, 0.6) is 5.88 Å². The smallest absolute Gasteiger partial charge is 0.273 e. The number of rotatable bonds is 6. The number of hydrogen-bond donors (Lipinski definition) is 2. The Hall–Kier alpha value is -3.48. The number of pyridine rings is 1. The molecule has 0 radical (unpaired) electrons. The van der Waals surface area contributed by atoms with E-state index in [0.717, 1.165) is 11.1 Å². The van der Waals surface area contributed by atoms with Crippen molar-refractivity contribution in [2.75, 3.05) is 5.73 Å². The summed E-state index contributed by atoms with van der Waals surface area (Å²) in [6, 6.07) is 13.3. The van der Waals surface area contributed by atoms with Gasteiger partial charge in [-0.25, -0.2) is 15.0 Å². The van der Waals surface area contributed by atoms with Crippen LogP contribution in [0, 0.1) is 13.8 Å². The average Bonchev–Trinajstić information content (AvgIpc) is 2.69. The Kier molecular flexibility index (Phi) is 5.61. The highest BCUT2D eigenvalue weighted by Crippen LogP contribution is 2.12. The Morgan fingerprint density at radius 2 is 1.74 bits per heavy atom. The molecule has 0 spiro atoms. The second-order valence-corrected chi connectivity index (χ2v) is 6.08. The maximum atomic E-state index is 12.3. The van der Waals surface area contributed by atoms with Gasteiger partial charge in [0.15, 0.2) is 11.5 Å². The van der Waals surface area contributed by atoms with Crippen LogP contribution in [0.15, 0.2) is 48.7 Å². The number of nitrogens with zero attached hydrogens (tertiary/aromatic N) is 3. The van der Waals surface area contributed by atoms with Crippen LogP contribution in [0.25, 0.3) is 0 Å². The van der Waals surface area contributed by atoms with Crippen molar-refractivity contribution in [3.63, 3.8) is 0 Å². The first-order valence-electron chi connectivity index (χ1n) is 8.53. The molecule has 0 fully saturated rings. The topological polar surface area (TPSA) is 103 Å². The summed E-state index contributed by atoms with van der Waals surface area (Å²) < 4.78 is 5.61. The van der Waals surface area contributed by atoms with Crippen molar-refractivity contribution < 1.29 is 9.53 Å². The summed E-state index contributed by atoms with van der Waals surface area (Å²) in [4.78, 5) is 24.8. The predicted octanol–water partition coefficient (Wildman–Crippen LogP) is 2.58. The Balaban J connectivity index is 1.55. The molecule has 1 aromatic carbocycles. The first-order chi connectivity index (χ1) is 13.0. The zero-order valence-electron chi connectivity index (χ0n) is 15.3. The molecule has 0 saturated carbocycles. The monoisotopic (exact) mass is 363 g/mol. The minimum absolute atomic E-state index is 0.137. The summed E-state index contributed by atoms with van der Waals surface area (Å²) in [5.41, 5.74) is 9.33. The third kappa shape index (κ3) is 4.78. The van der Waals surface area contributed by atoms with Crippen LogP contribution in [0.2, 0.25) is 0 Å². The summed E-state index contributed by atoms with van der Waals surface area (Å²) >= 11 is 0. The number of amides is 1. The Morgan fingerprint density at radius 3 is 2.44 bits per heavy atom. The zero-order chi connectivity index (χ0) is 19.2. The molecule has 3 N–H and O–H groups in total. The van der Waals surface area contributed by atoms with Crippen LogP contribution in [-0.4, -0.2) is 20.9 Å². The van der Waals surface area contributed by atoms with Gasteiger partial charge in [-0.2, -0.15) is 0 Å². The van der Waals surface area contributed by atoms with Gasteiger partial charge >= 0.3 is 0 Å². The fourth-order valence-electron chi connectivity index (χ4n) is 2.40. The number of nitrogens with one attached hydrogen (secondary N) is 1. The number of hydrogen-bond acceptors (Lipinski definition) is 6. The van der Waals surface area contributed by atoms with Crippen molar-refractivity contribution in [1.29, 1.82) is 0 Å². The minimum Gasteiger partial charge on any atom is -0.473 e. The molecule has 0 aliphatic carbocycles. The van der Waals surface area contributed by atoms with Gasteiger partial charge in [0.25, 0.3) is 5.91 Å². The zero-order valence-corrected chi connectivity index (χ0v) is 15.3. The van der Waals surface area contributed by atoms with E-state index in [1.54, 1.807) is 20.0 Å². The highest BCUT2D eigenvalue weighted by atomic mass is 16.5. The first kappa shape index (κ1) is 18.3. The van der Waals surface area contributed by atoms with Gasteiger partial charge in [-0.15, -0.1) is 0 Å². The van der Waals surface area contributed by atoms with Crippen LogP contribution >= 0.6 is 0 Å². The molecule has 0 saturated heterocycles. The van der Waals surface area contributed by atoms with Crippen molar-refractivity contribution in [2.45, 2.75) is 27.0 Å². The van der Waals surface area contributed by atoms with Gasteiger partial charge in [-0.3, -0.25) is 4.79 Å². The standard InChI is InChI=1S/C20H21N5O2/c1-13-14(2)25-19(21)18(24-13)20(26)23-11-15-6-8-16(9-7-15)12-27-17-5-3-4-10-22-17/h3-10H,11-12H2,1-2H3,(H2,21,25)(H,23,26). The Labute approximate surface area is 157 Å². The molecule has 3 rings (SSSR count). The molecule has 27 heavy (non-hydrogen) atoms. The number of anilines is 1. The minimum atomic E-state index is -0.342. The van der Waals surface area contributed by atoms with Gasteiger partial charge in [-0.05, 0) is 31.0 Å². The fourth-order valence-corrected chi connectivity index (χ4v) is 2.40. The van der Waals surface area contributed by atoms with Crippen LogP contribution in [0.1, 0.15) is 33.0 Å². The van der Waals surface area contributed by atoms with Gasteiger partial charge in [0.1, 0.15) is 6.61 Å². The van der Waals surface area contributed by atoms with Crippen molar-refractivity contribution in [1.82, 2.24) is 20.3 Å². The average molecular weight is 363 g/mol. The predicted molar refractivity (Wildman–Crippen MR) is 102 cm³/mol. The number of nitrogens with two attached hydrogens (primary N) is 1. The van der Waals surface area contributed by atoms with Crippen LogP contribution in [0.4, 0.5) is 5.82 Å². The molecule has 0 aliphatic rings. The van der Waals surface area contributed by atoms with E-state index in [9.17, 15) is 4.79 Å². The maximum Gasteiger partial charge on any atom is 0.273 e. The van der Waals surface area contributed by atoms with Crippen LogP contribution < -0.4 is 15.8 Å². The summed E-state index contributed by atoms with van der Waals surface area (Å²) in [6.07, 6.45) is 1.69. The third-order valence-corrected chi connectivity index (χ3v) is 4.05. The van der Waals surface area contributed by atoms with Crippen molar-refractivity contribution in [2.24, 2.45) is 0 Å². The summed E-state index contributed by atoms with van der Waals surface area (Å²) in [5, 5.41) is 2.82. The van der Waals surface area contributed by atoms with E-state index in [1.165, 1.54) is 0 Å². The summed E-state index contributed by atoms with van der Waals surface area (Å²) in [5.74, 6) is 0.379. The van der Waals surface area contributed by atoms with Crippen LogP contribution in [0.3, 0.4) is 0 Å². The van der Waals surface area contributed by atoms with E-state index < -0.39 is 0 Å². The molecular formula is C20H21N5O2. The molecule has 3 aromatic rings. The van der Waals surface area contributed by atoms with E-state index in [4.69, 9.17) is 10.5 Å². The highest BCUT2D eigenvalue weighted by molar-refractivity contribution is 5.96. The van der Waals surface area contributed by atoms with Gasteiger partial charge in [-0.1, -0.05) is 30.3 Å². The lowest BCUT2D eigenvalue weighted by molar-refractivity contribution is 0.0946. The molecule has 0 aliphatic heterocycles. The number of benzene rings is 1.